The minimum atomic E-state index is 0.234. The van der Waals surface area contributed by atoms with Crippen LogP contribution in [-0.4, -0.2) is 22.6 Å². The first-order valence-electron chi connectivity index (χ1n) is 5.61. The number of hydrogen-bond donors (Lipinski definition) is 0. The summed E-state index contributed by atoms with van der Waals surface area (Å²) in [6.45, 7) is 8.50. The van der Waals surface area contributed by atoms with E-state index in [1.165, 1.54) is 0 Å². The molecule has 4 nitrogen and oxygen atoms in total. The van der Waals surface area contributed by atoms with Crippen molar-refractivity contribution in [3.8, 4) is 6.07 Å². The normalized spacial score (nSPS) is 10.4. The van der Waals surface area contributed by atoms with E-state index in [4.69, 9.17) is 16.9 Å². The molecule has 0 bridgehead atoms. The lowest BCUT2D eigenvalue weighted by atomic mass is 10.3. The molecule has 0 aliphatic carbocycles. The van der Waals surface area contributed by atoms with Gasteiger partial charge in [-0.05, 0) is 27.7 Å². The predicted octanol–water partition coefficient (Wildman–Crippen LogP) is 2.88. The molecule has 0 spiro atoms. The van der Waals surface area contributed by atoms with Crippen LogP contribution in [0, 0.1) is 25.2 Å². The van der Waals surface area contributed by atoms with Crippen molar-refractivity contribution in [1.29, 1.82) is 5.26 Å². The Labute approximate surface area is 107 Å². The maximum atomic E-state index is 8.67. The van der Waals surface area contributed by atoms with Crippen molar-refractivity contribution < 1.29 is 0 Å². The summed E-state index contributed by atoms with van der Waals surface area (Å²) in [5.74, 6) is 0.667. The largest absolute Gasteiger partial charge is 0.351 e. The Morgan fingerprint density at radius 1 is 1.29 bits per heavy atom. The summed E-state index contributed by atoms with van der Waals surface area (Å²) in [5.41, 5.74) is 1.70. The van der Waals surface area contributed by atoms with E-state index < -0.39 is 0 Å². The molecule has 0 radical (unpaired) electrons. The minimum Gasteiger partial charge on any atom is -0.351 e. The summed E-state index contributed by atoms with van der Waals surface area (Å²) in [4.78, 5) is 10.7. The van der Waals surface area contributed by atoms with Crippen LogP contribution in [-0.2, 0) is 0 Å². The Morgan fingerprint density at radius 3 is 2.41 bits per heavy atom. The van der Waals surface area contributed by atoms with E-state index in [9.17, 15) is 0 Å². The number of nitrogens with zero attached hydrogens (tertiary/aromatic N) is 4. The first kappa shape index (κ1) is 13.7. The standard InChI is InChI=1S/C12H17ClN4/c1-8(2)17(7-5-6-14)12-11(13)15-9(3)10(4)16-12/h8H,5,7H2,1-4H3. The molecule has 1 aromatic rings. The van der Waals surface area contributed by atoms with Gasteiger partial charge in [-0.2, -0.15) is 5.26 Å². The van der Waals surface area contributed by atoms with E-state index in [0.717, 1.165) is 11.4 Å². The molecule has 5 heteroatoms. The monoisotopic (exact) mass is 252 g/mol. The van der Waals surface area contributed by atoms with Crippen LogP contribution in [0.3, 0.4) is 0 Å². The molecule has 1 aromatic heterocycles. The summed E-state index contributed by atoms with van der Waals surface area (Å²) in [6, 6.07) is 2.37. The first-order valence-corrected chi connectivity index (χ1v) is 5.99. The van der Waals surface area contributed by atoms with Gasteiger partial charge < -0.3 is 4.90 Å². The third-order valence-electron chi connectivity index (χ3n) is 2.61. The number of halogens is 1. The van der Waals surface area contributed by atoms with Crippen LogP contribution in [0.5, 0.6) is 0 Å². The summed E-state index contributed by atoms with van der Waals surface area (Å²) >= 11 is 6.12. The molecule has 1 heterocycles. The minimum absolute atomic E-state index is 0.234. The molecule has 0 aromatic carbocycles. The molecule has 0 unspecified atom stereocenters. The Morgan fingerprint density at radius 2 is 1.88 bits per heavy atom. The highest BCUT2D eigenvalue weighted by atomic mass is 35.5. The van der Waals surface area contributed by atoms with Crippen LogP contribution in [0.1, 0.15) is 31.7 Å². The number of hydrogen-bond acceptors (Lipinski definition) is 4. The maximum absolute atomic E-state index is 8.67. The van der Waals surface area contributed by atoms with Gasteiger partial charge >= 0.3 is 0 Å². The van der Waals surface area contributed by atoms with Crippen molar-refractivity contribution in [1.82, 2.24) is 9.97 Å². The third kappa shape index (κ3) is 3.31. The molecule has 17 heavy (non-hydrogen) atoms. The molecule has 0 saturated heterocycles. The van der Waals surface area contributed by atoms with E-state index >= 15 is 0 Å². The maximum Gasteiger partial charge on any atom is 0.171 e. The van der Waals surface area contributed by atoms with Gasteiger partial charge in [0, 0.05) is 12.6 Å². The molecule has 92 valence electrons. The van der Waals surface area contributed by atoms with Crippen molar-refractivity contribution >= 4 is 17.4 Å². The second-order valence-corrected chi connectivity index (χ2v) is 4.56. The number of aryl methyl sites for hydroxylation is 2. The van der Waals surface area contributed by atoms with E-state index in [1.807, 2.05) is 32.6 Å². The summed E-state index contributed by atoms with van der Waals surface area (Å²) < 4.78 is 0. The van der Waals surface area contributed by atoms with E-state index in [0.29, 0.717) is 23.9 Å². The van der Waals surface area contributed by atoms with Gasteiger partial charge in [0.05, 0.1) is 23.9 Å². The zero-order chi connectivity index (χ0) is 13.0. The summed E-state index contributed by atoms with van der Waals surface area (Å²) in [7, 11) is 0. The van der Waals surface area contributed by atoms with Crippen molar-refractivity contribution in [3.63, 3.8) is 0 Å². The fraction of sp³-hybridized carbons (Fsp3) is 0.583. The number of rotatable bonds is 4. The fourth-order valence-corrected chi connectivity index (χ4v) is 1.80. The van der Waals surface area contributed by atoms with Crippen LogP contribution in [0.4, 0.5) is 5.82 Å². The quantitative estimate of drug-likeness (QED) is 0.827. The van der Waals surface area contributed by atoms with Gasteiger partial charge in [0.2, 0.25) is 0 Å². The Bertz CT molecular complexity index is 437. The molecule has 0 N–H and O–H groups in total. The second kappa shape index (κ2) is 5.83. The molecule has 1 rings (SSSR count). The van der Waals surface area contributed by atoms with Gasteiger partial charge in [0.25, 0.3) is 0 Å². The molecule has 0 aliphatic heterocycles. The van der Waals surface area contributed by atoms with Crippen molar-refractivity contribution in [2.75, 3.05) is 11.4 Å². The lowest BCUT2D eigenvalue weighted by Gasteiger charge is -2.27. The average molecular weight is 253 g/mol. The first-order chi connectivity index (χ1) is 7.97. The van der Waals surface area contributed by atoms with Crippen molar-refractivity contribution in [2.24, 2.45) is 0 Å². The van der Waals surface area contributed by atoms with Crippen LogP contribution < -0.4 is 4.90 Å². The van der Waals surface area contributed by atoms with Crippen LogP contribution in [0.15, 0.2) is 0 Å². The second-order valence-electron chi connectivity index (χ2n) is 4.20. The lowest BCUT2D eigenvalue weighted by Crippen LogP contribution is -2.33. The predicted molar refractivity (Wildman–Crippen MR) is 69.2 cm³/mol. The molecule has 0 saturated carbocycles. The van der Waals surface area contributed by atoms with E-state index in [-0.39, 0.29) is 6.04 Å². The van der Waals surface area contributed by atoms with Crippen LogP contribution >= 0.6 is 11.6 Å². The van der Waals surface area contributed by atoms with Gasteiger partial charge in [-0.15, -0.1) is 0 Å². The lowest BCUT2D eigenvalue weighted by molar-refractivity contribution is 0.673. The number of nitriles is 1. The Balaban J connectivity index is 3.10. The van der Waals surface area contributed by atoms with Crippen LogP contribution in [0.25, 0.3) is 0 Å². The van der Waals surface area contributed by atoms with E-state index in [2.05, 4.69) is 16.0 Å². The highest BCUT2D eigenvalue weighted by molar-refractivity contribution is 6.31. The number of aromatic nitrogens is 2. The molecule has 0 aliphatic rings. The highest BCUT2D eigenvalue weighted by Gasteiger charge is 2.17. The zero-order valence-electron chi connectivity index (χ0n) is 10.7. The molecule has 0 fully saturated rings. The highest BCUT2D eigenvalue weighted by Crippen LogP contribution is 2.24. The molecule has 0 atom stereocenters. The van der Waals surface area contributed by atoms with Gasteiger partial charge in [0.15, 0.2) is 11.0 Å². The van der Waals surface area contributed by atoms with Gasteiger partial charge in [-0.1, -0.05) is 11.6 Å². The molecular weight excluding hydrogens is 236 g/mol. The smallest absolute Gasteiger partial charge is 0.171 e. The van der Waals surface area contributed by atoms with Crippen molar-refractivity contribution in [2.45, 2.75) is 40.2 Å². The van der Waals surface area contributed by atoms with E-state index in [1.54, 1.807) is 0 Å². The average Bonchev–Trinajstić information content (AvgIpc) is 2.25. The topological polar surface area (TPSA) is 52.8 Å². The van der Waals surface area contributed by atoms with Gasteiger partial charge in [0.1, 0.15) is 0 Å². The SMILES string of the molecule is Cc1nc(Cl)c(N(CCC#N)C(C)C)nc1C. The third-order valence-corrected chi connectivity index (χ3v) is 2.86. The molecule has 0 amide bonds. The Kier molecular flexibility index (Phi) is 4.71. The van der Waals surface area contributed by atoms with Gasteiger partial charge in [-0.25, -0.2) is 9.97 Å². The van der Waals surface area contributed by atoms with Crippen LogP contribution in [0.2, 0.25) is 5.15 Å². The van der Waals surface area contributed by atoms with Crippen molar-refractivity contribution in [3.05, 3.63) is 16.5 Å². The molecular formula is C12H17ClN4. The summed E-state index contributed by atoms with van der Waals surface area (Å²) in [6.07, 6.45) is 0.448. The number of anilines is 1. The zero-order valence-corrected chi connectivity index (χ0v) is 11.4. The summed E-state index contributed by atoms with van der Waals surface area (Å²) in [5, 5.41) is 9.07. The van der Waals surface area contributed by atoms with Gasteiger partial charge in [-0.3, -0.25) is 0 Å². The Hall–Kier alpha value is -1.34. The fourth-order valence-electron chi connectivity index (χ4n) is 1.53.